The molecule has 0 radical (unpaired) electrons. The van der Waals surface area contributed by atoms with Crippen molar-refractivity contribution in [1.82, 2.24) is 25.8 Å². The van der Waals surface area contributed by atoms with Gasteiger partial charge in [-0.25, -0.2) is 28.9 Å². The molecule has 6 amide bonds. The summed E-state index contributed by atoms with van der Waals surface area (Å²) in [5, 5.41) is 7.53. The van der Waals surface area contributed by atoms with Gasteiger partial charge in [-0.15, -0.1) is 0 Å². The number of ether oxygens (including phenoxy) is 4. The number of amides is 6. The summed E-state index contributed by atoms with van der Waals surface area (Å²) in [6.07, 6.45) is -2.03. The summed E-state index contributed by atoms with van der Waals surface area (Å²) in [6, 6.07) is 24.7. The van der Waals surface area contributed by atoms with Gasteiger partial charge in [0, 0.05) is 19.6 Å². The van der Waals surface area contributed by atoms with Crippen molar-refractivity contribution in [2.45, 2.75) is 71.1 Å². The topological polar surface area (TPSA) is 194 Å². The summed E-state index contributed by atoms with van der Waals surface area (Å²) in [5.41, 5.74) is 1.53. The van der Waals surface area contributed by atoms with Crippen molar-refractivity contribution < 1.29 is 47.7 Å². The standard InChI is InChI=1S/C40H46N6O10/c1-40(2,3)56-38(51)42-30-22-45(23-30)39(52)46-32(34(48)53-24-27-14-7-4-8-15-27)31(33(46)47)20-13-21-41-35(43-36(49)54-25-28-16-9-5-10-17-28)44-37(50)55-26-29-18-11-6-12-19-29/h4-12,14-19,30-32H,13,20-26H2,1-3H3,(H,42,51)(H2,41,43,44,49,50)/t31-,32?/m1/s1. The number of β-lactam (4-membered cyclic amide) rings is 1. The normalized spacial score (nSPS) is 16.3. The number of rotatable bonds is 12. The van der Waals surface area contributed by atoms with E-state index in [2.05, 4.69) is 20.9 Å². The number of benzene rings is 3. The lowest BCUT2D eigenvalue weighted by atomic mass is 9.83. The molecular formula is C40H46N6O10. The fourth-order valence-corrected chi connectivity index (χ4v) is 5.80. The van der Waals surface area contributed by atoms with E-state index in [1.165, 1.54) is 4.90 Å². The molecule has 1 unspecified atom stereocenters. The second-order valence-corrected chi connectivity index (χ2v) is 14.1. The van der Waals surface area contributed by atoms with E-state index in [1.54, 1.807) is 93.6 Å². The first-order valence-electron chi connectivity index (χ1n) is 18.2. The lowest BCUT2D eigenvalue weighted by Gasteiger charge is -2.48. The molecule has 0 aromatic heterocycles. The molecule has 2 atom stereocenters. The van der Waals surface area contributed by atoms with E-state index in [0.717, 1.165) is 21.6 Å². The van der Waals surface area contributed by atoms with Crippen molar-refractivity contribution >= 4 is 42.1 Å². The van der Waals surface area contributed by atoms with Crippen molar-refractivity contribution in [3.63, 3.8) is 0 Å². The Balaban J connectivity index is 1.20. The molecule has 2 fully saturated rings. The van der Waals surface area contributed by atoms with E-state index in [-0.39, 0.29) is 64.3 Å². The third kappa shape index (κ3) is 12.0. The average Bonchev–Trinajstić information content (AvgIpc) is 3.15. The Morgan fingerprint density at radius 3 is 1.68 bits per heavy atom. The number of hydrogen-bond acceptors (Lipinski definition) is 11. The van der Waals surface area contributed by atoms with Crippen molar-refractivity contribution in [1.29, 1.82) is 0 Å². The molecule has 0 bridgehead atoms. The number of carbonyl (C=O) groups excluding carboxylic acids is 6. The molecule has 3 N–H and O–H groups in total. The van der Waals surface area contributed by atoms with Crippen LogP contribution in [0.3, 0.4) is 0 Å². The molecule has 2 heterocycles. The Labute approximate surface area is 324 Å². The van der Waals surface area contributed by atoms with Gasteiger partial charge >= 0.3 is 30.3 Å². The van der Waals surface area contributed by atoms with Crippen LogP contribution in [0.25, 0.3) is 0 Å². The number of nitrogens with one attached hydrogen (secondary N) is 3. The maximum Gasteiger partial charge on any atom is 0.414 e. The number of aliphatic imine (C=N–C) groups is 1. The van der Waals surface area contributed by atoms with Crippen LogP contribution in [0.5, 0.6) is 0 Å². The number of carbonyl (C=O) groups is 6. The molecule has 0 aliphatic carbocycles. The van der Waals surface area contributed by atoms with Crippen LogP contribution in [0.1, 0.15) is 50.3 Å². The Kier molecular flexibility index (Phi) is 14.0. The Hall–Kier alpha value is -6.45. The van der Waals surface area contributed by atoms with Gasteiger partial charge in [0.1, 0.15) is 25.4 Å². The van der Waals surface area contributed by atoms with Crippen LogP contribution >= 0.6 is 0 Å². The molecule has 296 valence electrons. The number of urea groups is 1. The fraction of sp³-hybridized carbons (Fsp3) is 0.375. The van der Waals surface area contributed by atoms with Crippen LogP contribution in [0.2, 0.25) is 0 Å². The summed E-state index contributed by atoms with van der Waals surface area (Å²) < 4.78 is 21.4. The minimum atomic E-state index is -1.20. The molecule has 0 saturated carbocycles. The maximum absolute atomic E-state index is 13.5. The number of hydrogen-bond donors (Lipinski definition) is 3. The molecule has 3 aromatic carbocycles. The highest BCUT2D eigenvalue weighted by molar-refractivity contribution is 6.08. The first-order chi connectivity index (χ1) is 26.9. The van der Waals surface area contributed by atoms with Crippen molar-refractivity contribution in [3.8, 4) is 0 Å². The summed E-state index contributed by atoms with van der Waals surface area (Å²) in [4.78, 5) is 84.4. The molecule has 16 nitrogen and oxygen atoms in total. The smallest absolute Gasteiger partial charge is 0.414 e. The number of likely N-dealkylation sites (tertiary alicyclic amines) is 2. The third-order valence-electron chi connectivity index (χ3n) is 8.57. The predicted octanol–water partition coefficient (Wildman–Crippen LogP) is 4.87. The lowest BCUT2D eigenvalue weighted by Crippen LogP contribution is -2.72. The van der Waals surface area contributed by atoms with Crippen molar-refractivity contribution in [2.24, 2.45) is 10.9 Å². The van der Waals surface area contributed by atoms with Crippen LogP contribution in [-0.2, 0) is 48.4 Å². The maximum atomic E-state index is 13.5. The van der Waals surface area contributed by atoms with Crippen molar-refractivity contribution in [3.05, 3.63) is 108 Å². The van der Waals surface area contributed by atoms with E-state index in [4.69, 9.17) is 18.9 Å². The highest BCUT2D eigenvalue weighted by Gasteiger charge is 2.56. The van der Waals surface area contributed by atoms with Gasteiger partial charge in [-0.2, -0.15) is 0 Å². The zero-order valence-corrected chi connectivity index (χ0v) is 31.5. The molecule has 16 heteroatoms. The Morgan fingerprint density at radius 1 is 0.714 bits per heavy atom. The number of imide groups is 1. The summed E-state index contributed by atoms with van der Waals surface area (Å²) in [6.45, 7) is 5.33. The van der Waals surface area contributed by atoms with Gasteiger partial charge in [0.25, 0.3) is 0 Å². The number of alkyl carbamates (subject to hydrolysis) is 3. The van der Waals surface area contributed by atoms with E-state index in [9.17, 15) is 28.8 Å². The highest BCUT2D eigenvalue weighted by Crippen LogP contribution is 2.34. The molecule has 2 aliphatic rings. The molecule has 2 aliphatic heterocycles. The zero-order valence-electron chi connectivity index (χ0n) is 31.5. The SMILES string of the molecule is CC(C)(C)OC(=O)NC1CN(C(=O)N2C(=O)[C@H](CCCN=C(NC(=O)OCc3ccccc3)NC(=O)OCc3ccccc3)C2C(=O)OCc2ccccc2)C1. The monoisotopic (exact) mass is 770 g/mol. The van der Waals surface area contributed by atoms with Crippen molar-refractivity contribution in [2.75, 3.05) is 19.6 Å². The van der Waals surface area contributed by atoms with Crippen LogP contribution in [0, 0.1) is 5.92 Å². The third-order valence-corrected chi connectivity index (χ3v) is 8.57. The molecule has 5 rings (SSSR count). The summed E-state index contributed by atoms with van der Waals surface area (Å²) in [5.74, 6) is -2.45. The predicted molar refractivity (Wildman–Crippen MR) is 202 cm³/mol. The molecular weight excluding hydrogens is 724 g/mol. The number of nitrogens with zero attached hydrogens (tertiary/aromatic N) is 3. The van der Waals surface area contributed by atoms with Crippen LogP contribution < -0.4 is 16.0 Å². The minimum absolute atomic E-state index is 0.000906. The molecule has 0 spiro atoms. The van der Waals surface area contributed by atoms with Gasteiger partial charge in [0.15, 0.2) is 6.04 Å². The second kappa shape index (κ2) is 19.2. The van der Waals surface area contributed by atoms with Gasteiger partial charge in [-0.05, 0) is 50.3 Å². The average molecular weight is 771 g/mol. The van der Waals surface area contributed by atoms with Gasteiger partial charge in [0.2, 0.25) is 11.9 Å². The van der Waals surface area contributed by atoms with E-state index in [1.807, 2.05) is 18.2 Å². The molecule has 3 aromatic rings. The molecule has 56 heavy (non-hydrogen) atoms. The number of esters is 1. The van der Waals surface area contributed by atoms with Gasteiger partial charge < -0.3 is 29.2 Å². The van der Waals surface area contributed by atoms with Gasteiger partial charge in [-0.3, -0.25) is 20.4 Å². The Bertz CT molecular complexity index is 1800. The first kappa shape index (κ1) is 40.7. The largest absolute Gasteiger partial charge is 0.459 e. The summed E-state index contributed by atoms with van der Waals surface area (Å²) >= 11 is 0. The highest BCUT2D eigenvalue weighted by atomic mass is 16.6. The van der Waals surface area contributed by atoms with Crippen LogP contribution in [-0.4, -0.2) is 89.3 Å². The second-order valence-electron chi connectivity index (χ2n) is 14.1. The van der Waals surface area contributed by atoms with Crippen LogP contribution in [0.4, 0.5) is 19.2 Å². The fourth-order valence-electron chi connectivity index (χ4n) is 5.80. The molecule has 2 saturated heterocycles. The Morgan fingerprint density at radius 2 is 1.20 bits per heavy atom. The zero-order chi connectivity index (χ0) is 40.1. The van der Waals surface area contributed by atoms with E-state index in [0.29, 0.717) is 0 Å². The first-order valence-corrected chi connectivity index (χ1v) is 18.2. The van der Waals surface area contributed by atoms with Gasteiger partial charge in [-0.1, -0.05) is 91.0 Å². The quantitative estimate of drug-likeness (QED) is 0.0571. The van der Waals surface area contributed by atoms with E-state index >= 15 is 0 Å². The summed E-state index contributed by atoms with van der Waals surface area (Å²) in [7, 11) is 0. The van der Waals surface area contributed by atoms with E-state index < -0.39 is 53.7 Å². The minimum Gasteiger partial charge on any atom is -0.459 e. The van der Waals surface area contributed by atoms with Crippen LogP contribution in [0.15, 0.2) is 96.0 Å². The lowest BCUT2D eigenvalue weighted by molar-refractivity contribution is -0.171. The van der Waals surface area contributed by atoms with Gasteiger partial charge in [0.05, 0.1) is 12.0 Å². The number of guanidine groups is 1.